The van der Waals surface area contributed by atoms with Crippen LogP contribution in [0.25, 0.3) is 0 Å². The molecule has 134 valence electrons. The van der Waals surface area contributed by atoms with E-state index >= 15 is 0 Å². The molecule has 0 saturated carbocycles. The summed E-state index contributed by atoms with van der Waals surface area (Å²) < 4.78 is 0. The van der Waals surface area contributed by atoms with Crippen LogP contribution in [0.15, 0.2) is 54.6 Å². The van der Waals surface area contributed by atoms with Gasteiger partial charge in [-0.2, -0.15) is 0 Å². The summed E-state index contributed by atoms with van der Waals surface area (Å²) >= 11 is 0. The van der Waals surface area contributed by atoms with Crippen LogP contribution in [0.1, 0.15) is 29.5 Å². The molecule has 25 heavy (non-hydrogen) atoms. The Morgan fingerprint density at radius 2 is 1.36 bits per heavy atom. The van der Waals surface area contributed by atoms with E-state index in [1.54, 1.807) is 0 Å². The molecule has 1 saturated heterocycles. The highest BCUT2D eigenvalue weighted by Gasteiger charge is 2.32. The van der Waals surface area contributed by atoms with Gasteiger partial charge >= 0.3 is 0 Å². The summed E-state index contributed by atoms with van der Waals surface area (Å²) in [6.45, 7) is 4.28. The van der Waals surface area contributed by atoms with E-state index in [4.69, 9.17) is 0 Å². The lowest BCUT2D eigenvalue weighted by molar-refractivity contribution is -0.0203. The molecule has 0 aromatic heterocycles. The molecule has 1 fully saturated rings. The van der Waals surface area contributed by atoms with Gasteiger partial charge in [0.05, 0.1) is 5.60 Å². The van der Waals surface area contributed by atoms with E-state index in [-0.39, 0.29) is 0 Å². The largest absolute Gasteiger partial charge is 0.385 e. The molecule has 2 heterocycles. The molecule has 2 aromatic rings. The van der Waals surface area contributed by atoms with Crippen LogP contribution in [0.2, 0.25) is 0 Å². The number of aliphatic hydroxyl groups is 1. The molecular formula is C22H30N2O. The van der Waals surface area contributed by atoms with E-state index in [1.165, 1.54) is 24.1 Å². The van der Waals surface area contributed by atoms with Gasteiger partial charge in [0.15, 0.2) is 0 Å². The maximum atomic E-state index is 10.4. The highest BCUT2D eigenvalue weighted by atomic mass is 16.3. The summed E-state index contributed by atoms with van der Waals surface area (Å²) in [7, 11) is 4.28. The van der Waals surface area contributed by atoms with Gasteiger partial charge in [0.1, 0.15) is 0 Å². The number of fused-ring (bicyclic) bond motifs is 1. The molecule has 0 radical (unpaired) electrons. The summed E-state index contributed by atoms with van der Waals surface area (Å²) in [6.07, 6.45) is 2.90. The zero-order valence-electron chi connectivity index (χ0n) is 15.5. The number of nitrogens with zero attached hydrogens (tertiary/aromatic N) is 2. The van der Waals surface area contributed by atoms with Crippen LogP contribution in [0.3, 0.4) is 0 Å². The summed E-state index contributed by atoms with van der Waals surface area (Å²) in [5, 5.41) is 10.4. The second-order valence-electron chi connectivity index (χ2n) is 7.46. The highest BCUT2D eigenvalue weighted by Crippen LogP contribution is 2.31. The Bertz CT molecular complexity index is 663. The molecule has 2 aliphatic heterocycles. The fraction of sp³-hybridized carbons (Fsp3) is 0.455. The Morgan fingerprint density at radius 3 is 2.04 bits per heavy atom. The number of likely N-dealkylation sites (tertiary alicyclic amines) is 1. The molecule has 0 spiro atoms. The van der Waals surface area contributed by atoms with Crippen LogP contribution >= 0.6 is 0 Å². The Hall–Kier alpha value is -1.68. The first-order valence-electron chi connectivity index (χ1n) is 9.29. The molecule has 2 aliphatic rings. The second-order valence-corrected chi connectivity index (χ2v) is 7.46. The maximum absolute atomic E-state index is 10.4. The van der Waals surface area contributed by atoms with Gasteiger partial charge in [-0.25, -0.2) is 0 Å². The topological polar surface area (TPSA) is 26.7 Å². The van der Waals surface area contributed by atoms with Crippen molar-refractivity contribution in [2.75, 3.05) is 33.7 Å². The minimum absolute atomic E-state index is 0.590. The summed E-state index contributed by atoms with van der Waals surface area (Å²) in [4.78, 5) is 4.62. The van der Waals surface area contributed by atoms with E-state index in [0.717, 1.165) is 38.0 Å². The molecule has 1 N–H and O–H groups in total. The summed E-state index contributed by atoms with van der Waals surface area (Å²) in [5.41, 5.74) is 3.51. The van der Waals surface area contributed by atoms with Crippen molar-refractivity contribution in [3.05, 3.63) is 71.3 Å². The van der Waals surface area contributed by atoms with Gasteiger partial charge in [0, 0.05) is 26.2 Å². The zero-order chi connectivity index (χ0) is 17.7. The molecule has 4 rings (SSSR count). The molecule has 0 aliphatic carbocycles. The van der Waals surface area contributed by atoms with E-state index in [2.05, 4.69) is 48.2 Å². The van der Waals surface area contributed by atoms with Crippen LogP contribution in [0.4, 0.5) is 0 Å². The predicted molar refractivity (Wildman–Crippen MR) is 104 cm³/mol. The van der Waals surface area contributed by atoms with E-state index in [0.29, 0.717) is 0 Å². The quantitative estimate of drug-likeness (QED) is 0.864. The molecule has 0 bridgehead atoms. The summed E-state index contributed by atoms with van der Waals surface area (Å²) in [6, 6.07) is 18.7. The zero-order valence-corrected chi connectivity index (χ0v) is 15.5. The van der Waals surface area contributed by atoms with Crippen molar-refractivity contribution in [2.24, 2.45) is 0 Å². The number of likely N-dealkylation sites (N-methyl/N-ethyl adjacent to an activating group) is 1. The van der Waals surface area contributed by atoms with Crippen molar-refractivity contribution in [3.8, 4) is 0 Å². The molecule has 0 unspecified atom stereocenters. The maximum Gasteiger partial charge on any atom is 0.0920 e. The molecule has 0 amide bonds. The SMILES string of the molecule is CN1CCC(O)(c2ccccc2)CC1.CN1CCc2ccccc2C1. The number of piperidine rings is 1. The fourth-order valence-corrected chi connectivity index (χ4v) is 3.66. The lowest BCUT2D eigenvalue weighted by Gasteiger charge is -2.36. The Kier molecular flexibility index (Phi) is 5.89. The third kappa shape index (κ3) is 4.69. The molecule has 3 heteroatoms. The Balaban J connectivity index is 0.000000150. The van der Waals surface area contributed by atoms with Crippen molar-refractivity contribution in [1.82, 2.24) is 9.80 Å². The van der Waals surface area contributed by atoms with Gasteiger partial charge in [-0.1, -0.05) is 54.6 Å². The van der Waals surface area contributed by atoms with Crippen molar-refractivity contribution in [3.63, 3.8) is 0 Å². The lowest BCUT2D eigenvalue weighted by Crippen LogP contribution is -2.40. The van der Waals surface area contributed by atoms with Crippen LogP contribution in [-0.4, -0.2) is 48.6 Å². The van der Waals surface area contributed by atoms with Crippen molar-refractivity contribution in [2.45, 2.75) is 31.4 Å². The molecule has 0 atom stereocenters. The first-order chi connectivity index (χ1) is 12.1. The third-order valence-electron chi connectivity index (χ3n) is 5.45. The number of hydrogen-bond acceptors (Lipinski definition) is 3. The van der Waals surface area contributed by atoms with Crippen LogP contribution in [0.5, 0.6) is 0 Å². The highest BCUT2D eigenvalue weighted by molar-refractivity contribution is 5.28. The first-order valence-corrected chi connectivity index (χ1v) is 9.29. The molecule has 2 aromatic carbocycles. The van der Waals surface area contributed by atoms with Gasteiger partial charge in [-0.05, 0) is 50.0 Å². The summed E-state index contributed by atoms with van der Waals surface area (Å²) in [5.74, 6) is 0. The van der Waals surface area contributed by atoms with Crippen LogP contribution in [-0.2, 0) is 18.6 Å². The predicted octanol–water partition coefficient (Wildman–Crippen LogP) is 3.27. The standard InChI is InChI=1S/C12H17NO.C10H13N/c1-13-9-7-12(14,8-10-13)11-5-3-2-4-6-11;1-11-7-6-9-4-2-3-5-10(9)8-11/h2-6,14H,7-10H2,1H3;2-5H,6-8H2,1H3. The average Bonchev–Trinajstić information content (AvgIpc) is 2.65. The van der Waals surface area contributed by atoms with Crippen molar-refractivity contribution < 1.29 is 5.11 Å². The first kappa shape index (κ1) is 18.1. The number of rotatable bonds is 1. The molecule has 3 nitrogen and oxygen atoms in total. The van der Waals surface area contributed by atoms with Gasteiger partial charge in [0.25, 0.3) is 0 Å². The van der Waals surface area contributed by atoms with Crippen LogP contribution in [0, 0.1) is 0 Å². The van der Waals surface area contributed by atoms with E-state index in [9.17, 15) is 5.11 Å². The fourth-order valence-electron chi connectivity index (χ4n) is 3.66. The van der Waals surface area contributed by atoms with Gasteiger partial charge in [0.2, 0.25) is 0 Å². The Labute approximate surface area is 151 Å². The lowest BCUT2D eigenvalue weighted by atomic mass is 9.85. The van der Waals surface area contributed by atoms with Crippen molar-refractivity contribution in [1.29, 1.82) is 0 Å². The number of benzene rings is 2. The van der Waals surface area contributed by atoms with Crippen LogP contribution < -0.4 is 0 Å². The normalized spacial score (nSPS) is 20.3. The van der Waals surface area contributed by atoms with Gasteiger partial charge in [-0.3, -0.25) is 0 Å². The average molecular weight is 338 g/mol. The van der Waals surface area contributed by atoms with Gasteiger partial charge < -0.3 is 14.9 Å². The number of hydrogen-bond donors (Lipinski definition) is 1. The van der Waals surface area contributed by atoms with Gasteiger partial charge in [-0.15, -0.1) is 0 Å². The molecular weight excluding hydrogens is 308 g/mol. The van der Waals surface area contributed by atoms with E-state index < -0.39 is 5.60 Å². The third-order valence-corrected chi connectivity index (χ3v) is 5.45. The van der Waals surface area contributed by atoms with E-state index in [1.807, 2.05) is 30.3 Å². The van der Waals surface area contributed by atoms with Crippen molar-refractivity contribution >= 4 is 0 Å². The minimum atomic E-state index is -0.590. The Morgan fingerprint density at radius 1 is 0.760 bits per heavy atom. The minimum Gasteiger partial charge on any atom is -0.385 e. The monoisotopic (exact) mass is 338 g/mol. The smallest absolute Gasteiger partial charge is 0.0920 e. The second kappa shape index (κ2) is 8.13.